The molecule has 156 valence electrons. The van der Waals surface area contributed by atoms with Crippen molar-refractivity contribution in [1.29, 1.82) is 0 Å². The van der Waals surface area contributed by atoms with Crippen LogP contribution >= 0.6 is 11.6 Å². The van der Waals surface area contributed by atoms with Gasteiger partial charge in [0.25, 0.3) is 11.8 Å². The lowest BCUT2D eigenvalue weighted by Gasteiger charge is -2.25. The Morgan fingerprint density at radius 1 is 0.839 bits per heavy atom. The van der Waals surface area contributed by atoms with Gasteiger partial charge >= 0.3 is 0 Å². The van der Waals surface area contributed by atoms with Crippen molar-refractivity contribution in [3.05, 3.63) is 106 Å². The van der Waals surface area contributed by atoms with Gasteiger partial charge in [-0.15, -0.1) is 0 Å². The number of hydrogen-bond acceptors (Lipinski definition) is 3. The van der Waals surface area contributed by atoms with Crippen LogP contribution in [0.4, 0.5) is 5.69 Å². The normalized spacial score (nSPS) is 13.8. The molecule has 1 aliphatic rings. The summed E-state index contributed by atoms with van der Waals surface area (Å²) in [6.07, 6.45) is 0. The number of hydrogen-bond donors (Lipinski definition) is 0. The van der Waals surface area contributed by atoms with Gasteiger partial charge < -0.3 is 4.90 Å². The molecule has 3 aromatic carbocycles. The van der Waals surface area contributed by atoms with Crippen molar-refractivity contribution >= 4 is 34.7 Å². The van der Waals surface area contributed by atoms with Gasteiger partial charge in [-0.1, -0.05) is 71.8 Å². The van der Waals surface area contributed by atoms with E-state index in [-0.39, 0.29) is 11.8 Å². The molecular formula is C26H23ClN2O2. The molecule has 0 spiro atoms. The summed E-state index contributed by atoms with van der Waals surface area (Å²) in [5.74, 6) is -0.630. The Kier molecular flexibility index (Phi) is 5.92. The largest absolute Gasteiger partial charge is 0.362 e. The maximum Gasteiger partial charge on any atom is 0.282 e. The molecule has 0 bridgehead atoms. The SMILES string of the molecule is CCN(Cc1ccccc1)C1=C(c2ccc(Cl)cc2)C(=O)N(c2ccc(C)cc2)C1=O. The van der Waals surface area contributed by atoms with Gasteiger partial charge in [0.2, 0.25) is 0 Å². The van der Waals surface area contributed by atoms with Crippen molar-refractivity contribution in [3.63, 3.8) is 0 Å². The smallest absolute Gasteiger partial charge is 0.282 e. The Morgan fingerprint density at radius 3 is 2.10 bits per heavy atom. The maximum atomic E-state index is 13.6. The molecule has 4 rings (SSSR count). The fraction of sp³-hybridized carbons (Fsp3) is 0.154. The van der Waals surface area contributed by atoms with Crippen LogP contribution in [-0.2, 0) is 16.1 Å². The van der Waals surface area contributed by atoms with E-state index in [9.17, 15) is 9.59 Å². The minimum absolute atomic E-state index is 0.309. The number of carbonyl (C=O) groups excluding carboxylic acids is 2. The molecule has 0 fully saturated rings. The number of anilines is 1. The number of halogens is 1. The first-order valence-corrected chi connectivity index (χ1v) is 10.6. The summed E-state index contributed by atoms with van der Waals surface area (Å²) in [6.45, 7) is 5.08. The van der Waals surface area contributed by atoms with Crippen LogP contribution in [0.5, 0.6) is 0 Å². The molecular weight excluding hydrogens is 408 g/mol. The van der Waals surface area contributed by atoms with E-state index in [0.29, 0.717) is 40.6 Å². The highest BCUT2D eigenvalue weighted by Gasteiger charge is 2.42. The summed E-state index contributed by atoms with van der Waals surface area (Å²) < 4.78 is 0. The zero-order valence-corrected chi connectivity index (χ0v) is 18.3. The fourth-order valence-electron chi connectivity index (χ4n) is 3.77. The average Bonchev–Trinajstić information content (AvgIpc) is 3.04. The Balaban J connectivity index is 1.82. The van der Waals surface area contributed by atoms with Gasteiger partial charge in [-0.3, -0.25) is 9.59 Å². The van der Waals surface area contributed by atoms with Gasteiger partial charge in [0.1, 0.15) is 5.70 Å². The number of aryl methyl sites for hydroxylation is 1. The molecule has 1 heterocycles. The van der Waals surface area contributed by atoms with Crippen molar-refractivity contribution in [2.24, 2.45) is 0 Å². The third-order valence-corrected chi connectivity index (χ3v) is 5.65. The van der Waals surface area contributed by atoms with E-state index in [0.717, 1.165) is 11.1 Å². The molecule has 0 aliphatic carbocycles. The van der Waals surface area contributed by atoms with Crippen LogP contribution < -0.4 is 4.90 Å². The minimum Gasteiger partial charge on any atom is -0.362 e. The lowest BCUT2D eigenvalue weighted by molar-refractivity contribution is -0.120. The molecule has 4 nitrogen and oxygen atoms in total. The summed E-state index contributed by atoms with van der Waals surface area (Å²) in [5.41, 5.74) is 4.20. The highest BCUT2D eigenvalue weighted by atomic mass is 35.5. The predicted octanol–water partition coefficient (Wildman–Crippen LogP) is 5.46. The highest BCUT2D eigenvalue weighted by molar-refractivity contribution is 6.45. The number of likely N-dealkylation sites (N-methyl/N-ethyl adjacent to an activating group) is 1. The summed E-state index contributed by atoms with van der Waals surface area (Å²) >= 11 is 6.07. The first kappa shape index (κ1) is 20.9. The molecule has 0 unspecified atom stereocenters. The molecule has 31 heavy (non-hydrogen) atoms. The molecule has 0 N–H and O–H groups in total. The number of nitrogens with zero attached hydrogens (tertiary/aromatic N) is 2. The molecule has 2 amide bonds. The molecule has 0 saturated heterocycles. The number of imide groups is 1. The summed E-state index contributed by atoms with van der Waals surface area (Å²) in [6, 6.07) is 24.4. The summed E-state index contributed by atoms with van der Waals surface area (Å²) in [4.78, 5) is 30.4. The molecule has 3 aromatic rings. The van der Waals surface area contributed by atoms with E-state index in [1.54, 1.807) is 36.4 Å². The maximum absolute atomic E-state index is 13.6. The first-order chi connectivity index (χ1) is 15.0. The lowest BCUT2D eigenvalue weighted by atomic mass is 10.0. The molecule has 0 saturated carbocycles. The topological polar surface area (TPSA) is 40.6 Å². The standard InChI is InChI=1S/C26H23ClN2O2/c1-3-28(17-19-7-5-4-6-8-19)24-23(20-11-13-21(27)14-12-20)25(30)29(26(24)31)22-15-9-18(2)10-16-22/h4-16H,3,17H2,1-2H3. The monoisotopic (exact) mass is 430 g/mol. The molecule has 0 atom stereocenters. The zero-order chi connectivity index (χ0) is 22.0. The van der Waals surface area contributed by atoms with Crippen molar-refractivity contribution < 1.29 is 9.59 Å². The van der Waals surface area contributed by atoms with Gasteiger partial charge in [0.05, 0.1) is 11.3 Å². The zero-order valence-electron chi connectivity index (χ0n) is 17.5. The molecule has 5 heteroatoms. The molecule has 0 aromatic heterocycles. The van der Waals surface area contributed by atoms with Crippen LogP contribution in [0.3, 0.4) is 0 Å². The second-order valence-electron chi connectivity index (χ2n) is 7.51. The highest BCUT2D eigenvalue weighted by Crippen LogP contribution is 2.35. The van der Waals surface area contributed by atoms with Crippen LogP contribution in [-0.4, -0.2) is 23.3 Å². The van der Waals surface area contributed by atoms with Gasteiger partial charge in [-0.25, -0.2) is 4.90 Å². The van der Waals surface area contributed by atoms with Gasteiger partial charge in [-0.2, -0.15) is 0 Å². The molecule has 0 radical (unpaired) electrons. The van der Waals surface area contributed by atoms with Crippen molar-refractivity contribution in [2.75, 3.05) is 11.4 Å². The number of benzene rings is 3. The lowest BCUT2D eigenvalue weighted by Crippen LogP contribution is -2.35. The van der Waals surface area contributed by atoms with Crippen molar-refractivity contribution in [3.8, 4) is 0 Å². The summed E-state index contributed by atoms with van der Waals surface area (Å²) in [5, 5.41) is 0.578. The first-order valence-electron chi connectivity index (χ1n) is 10.2. The van der Waals surface area contributed by atoms with Crippen molar-refractivity contribution in [2.45, 2.75) is 20.4 Å². The van der Waals surface area contributed by atoms with Crippen molar-refractivity contribution in [1.82, 2.24) is 4.90 Å². The summed E-state index contributed by atoms with van der Waals surface area (Å²) in [7, 11) is 0. The van der Waals surface area contributed by atoms with E-state index in [1.807, 2.05) is 61.2 Å². The Labute approximate surface area is 187 Å². The van der Waals surface area contributed by atoms with Gasteiger partial charge in [0, 0.05) is 18.1 Å². The van der Waals surface area contributed by atoms with E-state index in [4.69, 9.17) is 11.6 Å². The quantitative estimate of drug-likeness (QED) is 0.488. The number of carbonyl (C=O) groups is 2. The predicted molar refractivity (Wildman–Crippen MR) is 125 cm³/mol. The Hall–Kier alpha value is -3.37. The Morgan fingerprint density at radius 2 is 1.48 bits per heavy atom. The van der Waals surface area contributed by atoms with Gasteiger partial charge in [0.15, 0.2) is 0 Å². The van der Waals surface area contributed by atoms with E-state index >= 15 is 0 Å². The van der Waals surface area contributed by atoms with Crippen LogP contribution in [0.1, 0.15) is 23.6 Å². The van der Waals surface area contributed by atoms with Gasteiger partial charge in [-0.05, 0) is 49.2 Å². The van der Waals surface area contributed by atoms with E-state index in [2.05, 4.69) is 0 Å². The third kappa shape index (κ3) is 4.12. The number of rotatable bonds is 6. The van der Waals surface area contributed by atoms with Crippen LogP contribution in [0.25, 0.3) is 5.57 Å². The fourth-order valence-corrected chi connectivity index (χ4v) is 3.90. The van der Waals surface area contributed by atoms with E-state index in [1.165, 1.54) is 4.90 Å². The van der Waals surface area contributed by atoms with Crippen LogP contribution in [0.2, 0.25) is 5.02 Å². The second-order valence-corrected chi connectivity index (χ2v) is 7.95. The molecule has 1 aliphatic heterocycles. The number of amides is 2. The van der Waals surface area contributed by atoms with E-state index < -0.39 is 0 Å². The average molecular weight is 431 g/mol. The second kappa shape index (κ2) is 8.78. The van der Waals surface area contributed by atoms with Crippen LogP contribution in [0, 0.1) is 6.92 Å². The Bertz CT molecular complexity index is 1140. The third-order valence-electron chi connectivity index (χ3n) is 5.40. The minimum atomic E-state index is -0.322. The van der Waals surface area contributed by atoms with Crippen LogP contribution in [0.15, 0.2) is 84.6 Å².